The first-order valence-electron chi connectivity index (χ1n) is 8.76. The first kappa shape index (κ1) is 22.9. The van der Waals surface area contributed by atoms with Crippen LogP contribution >= 0.6 is 0 Å². The number of alkyl halides is 6. The number of ether oxygens (including phenoxy) is 3. The van der Waals surface area contributed by atoms with Crippen molar-refractivity contribution in [3.05, 3.63) is 66.4 Å². The van der Waals surface area contributed by atoms with E-state index in [1.807, 2.05) is 0 Å². The minimum Gasteiger partial charge on any atom is -0.465 e. The van der Waals surface area contributed by atoms with Crippen LogP contribution in [-0.2, 0) is 4.74 Å². The van der Waals surface area contributed by atoms with E-state index < -0.39 is 30.2 Å². The summed E-state index contributed by atoms with van der Waals surface area (Å²) >= 11 is 0. The maximum Gasteiger partial charge on any atom is 0.573 e. The van der Waals surface area contributed by atoms with Crippen molar-refractivity contribution in [2.75, 3.05) is 7.11 Å². The van der Waals surface area contributed by atoms with Crippen molar-refractivity contribution in [2.45, 2.75) is 12.7 Å². The number of esters is 1. The first-order chi connectivity index (χ1) is 15.0. The van der Waals surface area contributed by atoms with E-state index >= 15 is 0 Å². The van der Waals surface area contributed by atoms with Crippen LogP contribution < -0.4 is 9.47 Å². The van der Waals surface area contributed by atoms with Crippen molar-refractivity contribution in [1.82, 2.24) is 4.98 Å². The molecule has 0 aliphatic rings. The second-order valence-corrected chi connectivity index (χ2v) is 6.22. The number of benzene rings is 2. The maximum atomic E-state index is 12.4. The van der Waals surface area contributed by atoms with Gasteiger partial charge >= 0.3 is 18.7 Å². The fourth-order valence-corrected chi connectivity index (χ4v) is 2.89. The molecule has 0 saturated carbocycles. The minimum atomic E-state index is -4.88. The SMILES string of the molecule is COC(=O)c1ccnc(-c2ccc(OC(F)(F)F)cc2)c1-c1ccc(OC(F)(F)F)cc1. The first-order valence-corrected chi connectivity index (χ1v) is 8.76. The topological polar surface area (TPSA) is 57.7 Å². The number of carbonyl (C=O) groups excluding carboxylic acids is 1. The van der Waals surface area contributed by atoms with Crippen molar-refractivity contribution in [2.24, 2.45) is 0 Å². The quantitative estimate of drug-likeness (QED) is 0.348. The van der Waals surface area contributed by atoms with Gasteiger partial charge in [0.1, 0.15) is 11.5 Å². The van der Waals surface area contributed by atoms with Gasteiger partial charge in [0, 0.05) is 17.3 Å². The fourth-order valence-electron chi connectivity index (χ4n) is 2.89. The van der Waals surface area contributed by atoms with Crippen LogP contribution in [0.4, 0.5) is 26.3 Å². The van der Waals surface area contributed by atoms with Gasteiger partial charge in [0.25, 0.3) is 0 Å². The molecule has 2 aromatic carbocycles. The highest BCUT2D eigenvalue weighted by atomic mass is 19.4. The molecule has 11 heteroatoms. The Labute approximate surface area is 177 Å². The number of methoxy groups -OCH3 is 1. The number of rotatable bonds is 5. The van der Waals surface area contributed by atoms with Gasteiger partial charge in [-0.25, -0.2) is 4.79 Å². The molecule has 0 atom stereocenters. The van der Waals surface area contributed by atoms with Gasteiger partial charge in [0.15, 0.2) is 0 Å². The van der Waals surface area contributed by atoms with Crippen LogP contribution in [0, 0.1) is 0 Å². The largest absolute Gasteiger partial charge is 0.573 e. The number of hydrogen-bond donors (Lipinski definition) is 0. The maximum absolute atomic E-state index is 12.4. The molecule has 1 heterocycles. The van der Waals surface area contributed by atoms with Gasteiger partial charge in [0.2, 0.25) is 0 Å². The lowest BCUT2D eigenvalue weighted by Crippen LogP contribution is -2.17. The molecule has 0 bridgehead atoms. The molecule has 0 radical (unpaired) electrons. The second-order valence-electron chi connectivity index (χ2n) is 6.22. The summed E-state index contributed by atoms with van der Waals surface area (Å²) < 4.78 is 86.9. The van der Waals surface area contributed by atoms with Crippen LogP contribution in [0.5, 0.6) is 11.5 Å². The van der Waals surface area contributed by atoms with Crippen molar-refractivity contribution >= 4 is 5.97 Å². The van der Waals surface area contributed by atoms with E-state index in [0.717, 1.165) is 31.4 Å². The molecule has 0 N–H and O–H groups in total. The highest BCUT2D eigenvalue weighted by Crippen LogP contribution is 2.36. The Hall–Kier alpha value is -3.76. The number of hydrogen-bond acceptors (Lipinski definition) is 5. The molecule has 5 nitrogen and oxygen atoms in total. The second kappa shape index (κ2) is 8.77. The van der Waals surface area contributed by atoms with E-state index in [4.69, 9.17) is 4.74 Å². The molecule has 32 heavy (non-hydrogen) atoms. The van der Waals surface area contributed by atoms with Crippen molar-refractivity contribution in [1.29, 1.82) is 0 Å². The van der Waals surface area contributed by atoms with Gasteiger partial charge in [-0.2, -0.15) is 0 Å². The normalized spacial score (nSPS) is 11.7. The molecule has 0 amide bonds. The van der Waals surface area contributed by atoms with Crippen molar-refractivity contribution < 1.29 is 45.3 Å². The van der Waals surface area contributed by atoms with E-state index in [1.54, 1.807) is 0 Å². The van der Waals surface area contributed by atoms with E-state index in [-0.39, 0.29) is 16.8 Å². The van der Waals surface area contributed by atoms with Crippen LogP contribution in [0.2, 0.25) is 0 Å². The molecule has 3 rings (SSSR count). The molecule has 0 spiro atoms. The highest BCUT2D eigenvalue weighted by molar-refractivity contribution is 6.01. The van der Waals surface area contributed by atoms with Crippen LogP contribution in [0.15, 0.2) is 60.8 Å². The zero-order chi connectivity index (χ0) is 23.5. The van der Waals surface area contributed by atoms with Crippen LogP contribution in [0.25, 0.3) is 22.4 Å². The van der Waals surface area contributed by atoms with Crippen molar-refractivity contribution in [3.63, 3.8) is 0 Å². The van der Waals surface area contributed by atoms with E-state index in [0.29, 0.717) is 11.1 Å². The van der Waals surface area contributed by atoms with Gasteiger partial charge in [-0.1, -0.05) is 12.1 Å². The monoisotopic (exact) mass is 457 g/mol. The lowest BCUT2D eigenvalue weighted by Gasteiger charge is -2.15. The predicted molar refractivity (Wildman–Crippen MR) is 99.8 cm³/mol. The predicted octanol–water partition coefficient (Wildman–Crippen LogP) is 6.00. The number of nitrogens with zero attached hydrogens (tertiary/aromatic N) is 1. The van der Waals surface area contributed by atoms with Gasteiger partial charge in [0.05, 0.1) is 18.4 Å². The van der Waals surface area contributed by atoms with E-state index in [9.17, 15) is 31.1 Å². The zero-order valence-corrected chi connectivity index (χ0v) is 16.1. The molecule has 0 saturated heterocycles. The molecule has 168 valence electrons. The molecule has 0 aliphatic carbocycles. The number of carbonyl (C=O) groups is 1. The number of aromatic nitrogens is 1. The fraction of sp³-hybridized carbons (Fsp3) is 0.143. The van der Waals surface area contributed by atoms with Crippen LogP contribution in [0.3, 0.4) is 0 Å². The Balaban J connectivity index is 2.08. The zero-order valence-electron chi connectivity index (χ0n) is 16.1. The third-order valence-corrected chi connectivity index (χ3v) is 4.09. The Bertz CT molecular complexity index is 1090. The van der Waals surface area contributed by atoms with Crippen LogP contribution in [-0.4, -0.2) is 30.8 Å². The standard InChI is InChI=1S/C21H13F6NO4/c1-30-19(29)16-10-11-28-18(13-4-8-15(9-5-13)32-21(25,26)27)17(16)12-2-6-14(7-3-12)31-20(22,23)24/h2-11H,1H3. The molecule has 1 aromatic heterocycles. The smallest absolute Gasteiger partial charge is 0.465 e. The Morgan fingerprint density at radius 1 is 0.750 bits per heavy atom. The average Bonchev–Trinajstić information content (AvgIpc) is 2.71. The Morgan fingerprint density at radius 2 is 1.22 bits per heavy atom. The lowest BCUT2D eigenvalue weighted by atomic mass is 9.94. The molecule has 3 aromatic rings. The molecule has 0 fully saturated rings. The van der Waals surface area contributed by atoms with Crippen molar-refractivity contribution in [3.8, 4) is 33.9 Å². The van der Waals surface area contributed by atoms with Gasteiger partial charge < -0.3 is 14.2 Å². The summed E-state index contributed by atoms with van der Waals surface area (Å²) in [5.41, 5.74) is 1.09. The average molecular weight is 457 g/mol. The summed E-state index contributed by atoms with van der Waals surface area (Å²) in [6.07, 6.45) is -8.44. The summed E-state index contributed by atoms with van der Waals surface area (Å²) in [6.45, 7) is 0. The van der Waals surface area contributed by atoms with Gasteiger partial charge in [-0.05, 0) is 48.0 Å². The summed E-state index contributed by atoms with van der Waals surface area (Å²) in [5, 5.41) is 0. The van der Waals surface area contributed by atoms with Crippen LogP contribution in [0.1, 0.15) is 10.4 Å². The van der Waals surface area contributed by atoms with E-state index in [1.165, 1.54) is 36.5 Å². The third kappa shape index (κ3) is 5.68. The Morgan fingerprint density at radius 3 is 1.66 bits per heavy atom. The third-order valence-electron chi connectivity index (χ3n) is 4.09. The summed E-state index contributed by atoms with van der Waals surface area (Å²) in [6, 6.07) is 10.8. The molecule has 0 aliphatic heterocycles. The van der Waals surface area contributed by atoms with E-state index in [2.05, 4.69) is 14.5 Å². The highest BCUT2D eigenvalue weighted by Gasteiger charge is 2.32. The Kier molecular flexibility index (Phi) is 6.28. The number of pyridine rings is 1. The summed E-state index contributed by atoms with van der Waals surface area (Å²) in [4.78, 5) is 16.5. The molecular weight excluding hydrogens is 444 g/mol. The van der Waals surface area contributed by atoms with Gasteiger partial charge in [-0.15, -0.1) is 26.3 Å². The summed E-state index contributed by atoms with van der Waals surface area (Å²) in [7, 11) is 1.15. The summed E-state index contributed by atoms with van der Waals surface area (Å²) in [5.74, 6) is -1.67. The number of halogens is 6. The molecule has 0 unspecified atom stereocenters. The minimum absolute atomic E-state index is 0.0533. The van der Waals surface area contributed by atoms with Gasteiger partial charge in [-0.3, -0.25) is 4.98 Å². The lowest BCUT2D eigenvalue weighted by molar-refractivity contribution is -0.275. The molecular formula is C21H13F6NO4.